The zero-order chi connectivity index (χ0) is 24.2. The van der Waals surface area contributed by atoms with Crippen LogP contribution in [0.3, 0.4) is 0 Å². The van der Waals surface area contributed by atoms with Gasteiger partial charge in [0.05, 0.1) is 29.5 Å². The fourth-order valence-corrected chi connectivity index (χ4v) is 5.06. The molecule has 0 fully saturated rings. The lowest BCUT2D eigenvalue weighted by atomic mass is 10.2. The fraction of sp³-hybridized carbons (Fsp3) is 0.391. The third-order valence-corrected chi connectivity index (χ3v) is 7.52. The van der Waals surface area contributed by atoms with Gasteiger partial charge in [0.15, 0.2) is 27.9 Å². The van der Waals surface area contributed by atoms with Crippen LogP contribution in [0.15, 0.2) is 35.2 Å². The Balaban J connectivity index is 1.66. The average Bonchev–Trinajstić information content (AvgIpc) is 2.77. The number of hydrogen-bond acceptors (Lipinski definition) is 7. The number of carbonyl (C=O) groups excluding carboxylic acids is 2. The largest absolute Gasteiger partial charge is 0.493 e. The number of sulfone groups is 1. The normalized spacial score (nSPS) is 13.9. The van der Waals surface area contributed by atoms with Crippen LogP contribution in [-0.2, 0) is 26.0 Å². The quantitative estimate of drug-likeness (QED) is 0.571. The van der Waals surface area contributed by atoms with E-state index in [9.17, 15) is 18.0 Å². The van der Waals surface area contributed by atoms with Crippen molar-refractivity contribution in [1.82, 2.24) is 5.32 Å². The number of fused-ring (bicyclic) bond motifs is 1. The Bertz CT molecular complexity index is 1160. The number of rotatable bonds is 9. The second-order valence-corrected chi connectivity index (χ2v) is 10.0. The molecule has 2 amide bonds. The van der Waals surface area contributed by atoms with Gasteiger partial charge in [-0.2, -0.15) is 0 Å². The minimum Gasteiger partial charge on any atom is -0.493 e. The Hall–Kier alpha value is -3.27. The van der Waals surface area contributed by atoms with Crippen LogP contribution in [0.25, 0.3) is 0 Å². The van der Waals surface area contributed by atoms with Crippen molar-refractivity contribution >= 4 is 27.3 Å². The number of amides is 2. The van der Waals surface area contributed by atoms with Gasteiger partial charge < -0.3 is 24.8 Å². The van der Waals surface area contributed by atoms with Crippen LogP contribution in [0, 0.1) is 6.92 Å². The van der Waals surface area contributed by atoms with Crippen molar-refractivity contribution in [2.24, 2.45) is 0 Å². The zero-order valence-electron chi connectivity index (χ0n) is 19.1. The summed E-state index contributed by atoms with van der Waals surface area (Å²) < 4.78 is 42.4. The molecule has 2 aromatic carbocycles. The molecule has 2 N–H and O–H groups in total. The molecule has 1 heterocycles. The first-order chi connectivity index (χ1) is 15.6. The van der Waals surface area contributed by atoms with Crippen molar-refractivity contribution in [1.29, 1.82) is 0 Å². The van der Waals surface area contributed by atoms with Crippen molar-refractivity contribution < 1.29 is 32.2 Å². The van der Waals surface area contributed by atoms with Gasteiger partial charge in [0.1, 0.15) is 5.75 Å². The first-order valence-electron chi connectivity index (χ1n) is 10.5. The highest BCUT2D eigenvalue weighted by molar-refractivity contribution is 7.92. The lowest BCUT2D eigenvalue weighted by Gasteiger charge is -2.21. The van der Waals surface area contributed by atoms with E-state index in [0.717, 1.165) is 5.56 Å². The number of anilines is 1. The van der Waals surface area contributed by atoms with E-state index >= 15 is 0 Å². The molecule has 0 bridgehead atoms. The van der Waals surface area contributed by atoms with Crippen molar-refractivity contribution in [3.05, 3.63) is 41.5 Å². The fourth-order valence-electron chi connectivity index (χ4n) is 3.48. The van der Waals surface area contributed by atoms with Gasteiger partial charge in [-0.25, -0.2) is 8.42 Å². The maximum absolute atomic E-state index is 13.1. The number of ether oxygens (including phenoxy) is 3. The highest BCUT2D eigenvalue weighted by Gasteiger charge is 2.29. The van der Waals surface area contributed by atoms with Crippen molar-refractivity contribution in [3.8, 4) is 17.2 Å². The predicted octanol–water partition coefficient (Wildman–Crippen LogP) is 2.60. The number of carbonyl (C=O) groups is 2. The molecule has 0 saturated heterocycles. The van der Waals surface area contributed by atoms with E-state index in [4.69, 9.17) is 14.2 Å². The van der Waals surface area contributed by atoms with Gasteiger partial charge in [-0.05, 0) is 50.1 Å². The molecule has 9 nitrogen and oxygen atoms in total. The van der Waals surface area contributed by atoms with E-state index in [-0.39, 0.29) is 30.4 Å². The summed E-state index contributed by atoms with van der Waals surface area (Å²) in [5.41, 5.74) is 1.69. The molecule has 10 heteroatoms. The van der Waals surface area contributed by atoms with Crippen molar-refractivity contribution in [3.63, 3.8) is 0 Å². The maximum atomic E-state index is 13.1. The van der Waals surface area contributed by atoms with Crippen LogP contribution in [-0.4, -0.2) is 45.8 Å². The summed E-state index contributed by atoms with van der Waals surface area (Å²) >= 11 is 0. The molecule has 1 aliphatic rings. The molecule has 0 unspecified atom stereocenters. The molecule has 178 valence electrons. The number of methoxy groups -OCH3 is 1. The number of benzene rings is 2. The summed E-state index contributed by atoms with van der Waals surface area (Å²) in [6.45, 7) is 5.56. The molecular weight excluding hydrogens is 448 g/mol. The van der Waals surface area contributed by atoms with Crippen LogP contribution in [0.4, 0.5) is 5.69 Å². The molecule has 0 spiro atoms. The summed E-state index contributed by atoms with van der Waals surface area (Å²) in [5, 5.41) is 4.45. The van der Waals surface area contributed by atoms with Crippen molar-refractivity contribution in [2.45, 2.75) is 43.9 Å². The molecule has 1 aliphatic heterocycles. The van der Waals surface area contributed by atoms with Crippen LogP contribution in [0.1, 0.15) is 31.4 Å². The van der Waals surface area contributed by atoms with Gasteiger partial charge in [-0.3, -0.25) is 9.59 Å². The molecule has 1 atom stereocenters. The van der Waals surface area contributed by atoms with Gasteiger partial charge >= 0.3 is 0 Å². The van der Waals surface area contributed by atoms with E-state index in [1.54, 1.807) is 25.1 Å². The Kier molecular flexibility index (Phi) is 7.47. The number of nitrogens with one attached hydrogen (secondary N) is 2. The summed E-state index contributed by atoms with van der Waals surface area (Å²) in [7, 11) is -2.27. The standard InChI is InChI=1S/C23H28N2O7S/c1-5-31-18-7-6-16(10-20(18)30-4)12-24-22(26)9-15(3)33(28,29)21-11-19-17(8-14(21)2)25-23(27)13-32-19/h6-8,10-11,15H,5,9,12-13H2,1-4H3,(H,24,26)(H,25,27)/t15-/m0/s1. The molecule has 2 aromatic rings. The number of aryl methyl sites for hydroxylation is 1. The highest BCUT2D eigenvalue weighted by Crippen LogP contribution is 2.34. The highest BCUT2D eigenvalue weighted by atomic mass is 32.2. The Morgan fingerprint density at radius 3 is 2.70 bits per heavy atom. The Morgan fingerprint density at radius 1 is 1.24 bits per heavy atom. The molecule has 3 rings (SSSR count). The van der Waals surface area contributed by atoms with E-state index in [1.807, 2.05) is 13.0 Å². The lowest BCUT2D eigenvalue weighted by Crippen LogP contribution is -2.30. The van der Waals surface area contributed by atoms with Gasteiger partial charge in [0.25, 0.3) is 5.91 Å². The lowest BCUT2D eigenvalue weighted by molar-refractivity contribution is -0.121. The third kappa shape index (κ3) is 5.57. The molecule has 33 heavy (non-hydrogen) atoms. The predicted molar refractivity (Wildman–Crippen MR) is 123 cm³/mol. The molecular formula is C23H28N2O7S. The average molecular weight is 477 g/mol. The summed E-state index contributed by atoms with van der Waals surface area (Å²) in [6, 6.07) is 8.30. The minimum atomic E-state index is -3.81. The summed E-state index contributed by atoms with van der Waals surface area (Å²) in [5.74, 6) is 0.769. The van der Waals surface area contributed by atoms with Crippen LogP contribution < -0.4 is 24.8 Å². The molecule has 0 radical (unpaired) electrons. The molecule has 0 aliphatic carbocycles. The second kappa shape index (κ2) is 10.1. The van der Waals surface area contributed by atoms with Crippen LogP contribution >= 0.6 is 0 Å². The van der Waals surface area contributed by atoms with Gasteiger partial charge in [-0.15, -0.1) is 0 Å². The van der Waals surface area contributed by atoms with Crippen LogP contribution in [0.5, 0.6) is 17.2 Å². The van der Waals surface area contributed by atoms with E-state index < -0.39 is 21.0 Å². The smallest absolute Gasteiger partial charge is 0.262 e. The van der Waals surface area contributed by atoms with E-state index in [0.29, 0.717) is 35.1 Å². The third-order valence-electron chi connectivity index (χ3n) is 5.24. The van der Waals surface area contributed by atoms with E-state index in [2.05, 4.69) is 10.6 Å². The van der Waals surface area contributed by atoms with Crippen molar-refractivity contribution in [2.75, 3.05) is 25.6 Å². The molecule has 0 saturated carbocycles. The second-order valence-electron chi connectivity index (χ2n) is 7.71. The number of hydrogen-bond donors (Lipinski definition) is 2. The monoisotopic (exact) mass is 476 g/mol. The Morgan fingerprint density at radius 2 is 2.00 bits per heavy atom. The summed E-state index contributed by atoms with van der Waals surface area (Å²) in [6.07, 6.45) is -0.204. The maximum Gasteiger partial charge on any atom is 0.262 e. The Labute approximate surface area is 193 Å². The SMILES string of the molecule is CCOc1ccc(CNC(=O)C[C@H](C)S(=O)(=O)c2cc3c(cc2C)NC(=O)CO3)cc1OC. The van der Waals surface area contributed by atoms with Gasteiger partial charge in [-0.1, -0.05) is 6.07 Å². The molecule has 0 aromatic heterocycles. The van der Waals surface area contributed by atoms with Gasteiger partial charge in [0, 0.05) is 19.0 Å². The zero-order valence-corrected chi connectivity index (χ0v) is 19.9. The summed E-state index contributed by atoms with van der Waals surface area (Å²) in [4.78, 5) is 24.0. The minimum absolute atomic E-state index is 0.0777. The first-order valence-corrected chi connectivity index (χ1v) is 12.1. The van der Waals surface area contributed by atoms with E-state index in [1.165, 1.54) is 20.1 Å². The van der Waals surface area contributed by atoms with Crippen LogP contribution in [0.2, 0.25) is 0 Å². The topological polar surface area (TPSA) is 120 Å². The van der Waals surface area contributed by atoms with Gasteiger partial charge in [0.2, 0.25) is 5.91 Å². The first kappa shape index (κ1) is 24.4.